The summed E-state index contributed by atoms with van der Waals surface area (Å²) in [5.74, 6) is 0.156. The van der Waals surface area contributed by atoms with Crippen LogP contribution in [0.2, 0.25) is 5.02 Å². The Hall–Kier alpha value is -3.56. The highest BCUT2D eigenvalue weighted by atomic mass is 35.5. The predicted octanol–water partition coefficient (Wildman–Crippen LogP) is 6.12. The van der Waals surface area contributed by atoms with Gasteiger partial charge in [-0.15, -0.1) is 11.3 Å². The predicted molar refractivity (Wildman–Crippen MR) is 157 cm³/mol. The summed E-state index contributed by atoms with van der Waals surface area (Å²) in [6.07, 6.45) is 2.06. The fourth-order valence-electron chi connectivity index (χ4n) is 4.87. The molecular formula is C29H31ClFN5O2S. The number of amides is 2. The van der Waals surface area contributed by atoms with Crippen LogP contribution < -0.4 is 4.90 Å². The van der Waals surface area contributed by atoms with Crippen LogP contribution in [0.25, 0.3) is 11.1 Å². The average Bonchev–Trinajstić information content (AvgIpc) is 3.41. The number of anilines is 2. The van der Waals surface area contributed by atoms with Crippen molar-refractivity contribution < 1.29 is 14.0 Å². The quantitative estimate of drug-likeness (QED) is 0.149. The third kappa shape index (κ3) is 5.60. The molecule has 2 heterocycles. The molecule has 0 bridgehead atoms. The molecule has 1 aliphatic heterocycles. The lowest BCUT2D eigenvalue weighted by atomic mass is 9.99. The number of hydrogen-bond donors (Lipinski definition) is 0. The van der Waals surface area contributed by atoms with Crippen molar-refractivity contribution in [1.29, 1.82) is 0 Å². The van der Waals surface area contributed by atoms with Crippen molar-refractivity contribution in [3.05, 3.63) is 76.7 Å². The number of halogens is 2. The van der Waals surface area contributed by atoms with Crippen molar-refractivity contribution in [2.24, 2.45) is 4.99 Å². The molecule has 0 aliphatic carbocycles. The molecule has 1 saturated heterocycles. The van der Waals surface area contributed by atoms with E-state index in [-0.39, 0.29) is 17.9 Å². The van der Waals surface area contributed by atoms with E-state index in [1.165, 1.54) is 28.4 Å². The van der Waals surface area contributed by atoms with Gasteiger partial charge in [0, 0.05) is 54.4 Å². The molecule has 0 radical (unpaired) electrons. The highest BCUT2D eigenvalue weighted by Gasteiger charge is 2.31. The van der Waals surface area contributed by atoms with Crippen molar-refractivity contribution in [2.75, 3.05) is 31.6 Å². The zero-order valence-corrected chi connectivity index (χ0v) is 24.0. The zero-order valence-electron chi connectivity index (χ0n) is 22.4. The topological polar surface area (TPSA) is 69.1 Å². The van der Waals surface area contributed by atoms with Gasteiger partial charge in [0.25, 0.3) is 0 Å². The van der Waals surface area contributed by atoms with Crippen LogP contribution in [0.4, 0.5) is 15.1 Å². The first kappa shape index (κ1) is 28.4. The number of aliphatic imine (C=N–C) groups is 1. The molecule has 1 aromatic heterocycles. The number of aromatic nitrogens is 1. The van der Waals surface area contributed by atoms with Gasteiger partial charge in [-0.1, -0.05) is 50.2 Å². The van der Waals surface area contributed by atoms with Gasteiger partial charge in [-0.25, -0.2) is 9.37 Å². The number of carbonyl (C=O) groups excluding carboxylic acids is 2. The van der Waals surface area contributed by atoms with E-state index in [1.807, 2.05) is 20.8 Å². The van der Waals surface area contributed by atoms with Gasteiger partial charge in [0.1, 0.15) is 16.7 Å². The van der Waals surface area contributed by atoms with Gasteiger partial charge in [0.2, 0.25) is 12.3 Å². The Labute approximate surface area is 237 Å². The molecule has 3 aromatic rings. The van der Waals surface area contributed by atoms with E-state index in [0.29, 0.717) is 57.9 Å². The number of rotatable bonds is 7. The third-order valence-corrected chi connectivity index (χ3v) is 7.95. The van der Waals surface area contributed by atoms with E-state index in [2.05, 4.69) is 21.5 Å². The first-order chi connectivity index (χ1) is 18.7. The molecule has 0 N–H and O–H groups in total. The molecule has 0 spiro atoms. The summed E-state index contributed by atoms with van der Waals surface area (Å²) in [7, 11) is 1.68. The van der Waals surface area contributed by atoms with Gasteiger partial charge in [0.15, 0.2) is 0 Å². The van der Waals surface area contributed by atoms with Crippen LogP contribution in [0.5, 0.6) is 0 Å². The van der Waals surface area contributed by atoms with Gasteiger partial charge in [-0.2, -0.15) is 0 Å². The first-order valence-electron chi connectivity index (χ1n) is 12.6. The van der Waals surface area contributed by atoms with Crippen molar-refractivity contribution in [3.8, 4) is 11.1 Å². The number of thiazole rings is 1. The SMILES string of the molecule is C=CC(=O)N1CCN(C(=NC)c2cc(Cl)c(-c3ccccc3F)cc2N(C=O)c2scnc2C(C)C)C(C)C1. The van der Waals surface area contributed by atoms with Crippen LogP contribution in [0.3, 0.4) is 0 Å². The highest BCUT2D eigenvalue weighted by molar-refractivity contribution is 7.14. The van der Waals surface area contributed by atoms with E-state index >= 15 is 0 Å². The summed E-state index contributed by atoms with van der Waals surface area (Å²) in [4.78, 5) is 39.5. The number of benzene rings is 2. The molecule has 2 aromatic carbocycles. The molecule has 1 aliphatic rings. The fraction of sp³-hybridized carbons (Fsp3) is 0.310. The summed E-state index contributed by atoms with van der Waals surface area (Å²) < 4.78 is 14.9. The largest absolute Gasteiger partial charge is 0.350 e. The van der Waals surface area contributed by atoms with Crippen LogP contribution in [0, 0.1) is 5.82 Å². The summed E-state index contributed by atoms with van der Waals surface area (Å²) in [6, 6.07) is 9.80. The standard InChI is InChI=1S/C29H31ClFN5O2S/c1-6-26(38)34-11-12-35(19(4)15-34)28(32-5)22-13-23(30)21(20-9-7-8-10-24(20)31)14-25(22)36(17-37)29-27(18(2)3)33-16-39-29/h6-10,13-14,16-19H,1,11-12,15H2,2-5H3. The molecule has 7 nitrogen and oxygen atoms in total. The van der Waals surface area contributed by atoms with Gasteiger partial charge in [0.05, 0.1) is 16.9 Å². The van der Waals surface area contributed by atoms with Crippen LogP contribution in [-0.2, 0) is 9.59 Å². The Morgan fingerprint density at radius 3 is 2.64 bits per heavy atom. The molecule has 10 heteroatoms. The van der Waals surface area contributed by atoms with E-state index < -0.39 is 5.82 Å². The maximum absolute atomic E-state index is 14.9. The molecule has 0 saturated carbocycles. The average molecular weight is 568 g/mol. The van der Waals surface area contributed by atoms with Gasteiger partial charge in [-0.3, -0.25) is 19.5 Å². The lowest BCUT2D eigenvalue weighted by Gasteiger charge is -2.41. The normalized spacial score (nSPS) is 16.0. The molecule has 39 heavy (non-hydrogen) atoms. The Bertz CT molecular complexity index is 1420. The summed E-state index contributed by atoms with van der Waals surface area (Å²) in [5, 5.41) is 1.00. The van der Waals surface area contributed by atoms with Crippen molar-refractivity contribution in [3.63, 3.8) is 0 Å². The van der Waals surface area contributed by atoms with Crippen LogP contribution in [-0.4, -0.2) is 65.7 Å². The van der Waals surface area contributed by atoms with Crippen LogP contribution in [0.1, 0.15) is 37.9 Å². The van der Waals surface area contributed by atoms with E-state index in [4.69, 9.17) is 11.6 Å². The van der Waals surface area contributed by atoms with Gasteiger partial charge < -0.3 is 9.80 Å². The maximum Gasteiger partial charge on any atom is 0.246 e. The molecule has 1 fully saturated rings. The highest BCUT2D eigenvalue weighted by Crippen LogP contribution is 2.41. The molecular weight excluding hydrogens is 537 g/mol. The van der Waals surface area contributed by atoms with Crippen molar-refractivity contribution in [1.82, 2.24) is 14.8 Å². The molecule has 2 amide bonds. The number of piperazine rings is 1. The third-order valence-electron chi connectivity index (χ3n) is 6.79. The molecule has 1 unspecified atom stereocenters. The minimum absolute atomic E-state index is 0.0708. The minimum Gasteiger partial charge on any atom is -0.350 e. The minimum atomic E-state index is -0.419. The monoisotopic (exact) mass is 567 g/mol. The smallest absolute Gasteiger partial charge is 0.246 e. The van der Waals surface area contributed by atoms with Crippen molar-refractivity contribution in [2.45, 2.75) is 32.7 Å². The van der Waals surface area contributed by atoms with E-state index in [9.17, 15) is 14.0 Å². The number of carbonyl (C=O) groups is 2. The lowest BCUT2D eigenvalue weighted by Crippen LogP contribution is -2.55. The van der Waals surface area contributed by atoms with Crippen molar-refractivity contribution >= 4 is 51.8 Å². The second-order valence-electron chi connectivity index (χ2n) is 9.58. The number of amidine groups is 1. The molecule has 4 rings (SSSR count). The van der Waals surface area contributed by atoms with E-state index in [1.54, 1.807) is 47.8 Å². The summed E-state index contributed by atoms with van der Waals surface area (Å²) >= 11 is 8.16. The fourth-order valence-corrected chi connectivity index (χ4v) is 6.07. The van der Waals surface area contributed by atoms with Crippen LogP contribution >= 0.6 is 22.9 Å². The summed E-state index contributed by atoms with van der Waals surface area (Å²) in [6.45, 7) is 11.2. The second kappa shape index (κ2) is 12.1. The summed E-state index contributed by atoms with van der Waals surface area (Å²) in [5.41, 5.74) is 4.40. The number of nitrogens with zero attached hydrogens (tertiary/aromatic N) is 5. The zero-order chi connectivity index (χ0) is 28.3. The van der Waals surface area contributed by atoms with Gasteiger partial charge >= 0.3 is 0 Å². The van der Waals surface area contributed by atoms with Gasteiger partial charge in [-0.05, 0) is 37.1 Å². The second-order valence-corrected chi connectivity index (χ2v) is 10.8. The molecule has 204 valence electrons. The Balaban J connectivity index is 1.90. The Morgan fingerprint density at radius 1 is 1.28 bits per heavy atom. The number of hydrogen-bond acceptors (Lipinski definition) is 5. The first-order valence-corrected chi connectivity index (χ1v) is 13.9. The Kier molecular flexibility index (Phi) is 8.82. The maximum atomic E-state index is 14.9. The van der Waals surface area contributed by atoms with E-state index in [0.717, 1.165) is 12.1 Å². The molecule has 1 atom stereocenters. The van der Waals surface area contributed by atoms with Crippen LogP contribution in [0.15, 0.2) is 59.6 Å². The lowest BCUT2D eigenvalue weighted by molar-refractivity contribution is -0.128. The Morgan fingerprint density at radius 2 is 2.03 bits per heavy atom.